The van der Waals surface area contributed by atoms with E-state index in [1.807, 2.05) is 6.07 Å². The van der Waals surface area contributed by atoms with Crippen LogP contribution in [0.5, 0.6) is 11.5 Å². The Morgan fingerprint density at radius 1 is 1.19 bits per heavy atom. The Bertz CT molecular complexity index is 631. The van der Waals surface area contributed by atoms with Gasteiger partial charge in [-0.05, 0) is 25.3 Å². The number of methoxy groups -OCH3 is 2. The summed E-state index contributed by atoms with van der Waals surface area (Å²) in [6.07, 6.45) is 3.38. The number of aryl methyl sites for hydroxylation is 1. The van der Waals surface area contributed by atoms with Crippen molar-refractivity contribution in [2.75, 3.05) is 31.8 Å². The summed E-state index contributed by atoms with van der Waals surface area (Å²) in [5.74, 6) is 1.30. The molecule has 3 rings (SSSR count). The summed E-state index contributed by atoms with van der Waals surface area (Å²) in [7, 11) is 3.23. The maximum Gasteiger partial charge on any atom is 0.162 e. The third-order valence-electron chi connectivity index (χ3n) is 3.61. The molecule has 0 spiro atoms. The van der Waals surface area contributed by atoms with Crippen molar-refractivity contribution < 1.29 is 9.47 Å². The highest BCUT2D eigenvalue weighted by Gasteiger charge is 2.18. The molecule has 2 heterocycles. The van der Waals surface area contributed by atoms with Gasteiger partial charge in [0.1, 0.15) is 10.0 Å². The smallest absolute Gasteiger partial charge is 0.162 e. The molecule has 0 aliphatic carbocycles. The van der Waals surface area contributed by atoms with Crippen molar-refractivity contribution in [1.82, 2.24) is 4.98 Å². The van der Waals surface area contributed by atoms with Crippen LogP contribution in [0, 0.1) is 0 Å². The number of anilines is 2. The van der Waals surface area contributed by atoms with E-state index < -0.39 is 0 Å². The summed E-state index contributed by atoms with van der Waals surface area (Å²) in [6, 6.07) is 3.68. The van der Waals surface area contributed by atoms with Gasteiger partial charge in [-0.1, -0.05) is 11.3 Å². The van der Waals surface area contributed by atoms with Crippen molar-refractivity contribution >= 4 is 22.0 Å². The average Bonchev–Trinajstić information content (AvgIpc) is 2.77. The number of benzene rings is 1. The minimum absolute atomic E-state index is 0.634. The zero-order valence-electron chi connectivity index (χ0n) is 12.2. The van der Waals surface area contributed by atoms with Gasteiger partial charge in [0, 0.05) is 23.9 Å². The summed E-state index contributed by atoms with van der Waals surface area (Å²) in [5, 5.41) is 5.53. The Hall–Kier alpha value is -1.95. The summed E-state index contributed by atoms with van der Waals surface area (Å²) < 4.78 is 10.6. The molecule has 3 N–H and O–H groups in total. The average molecular weight is 305 g/mol. The first kappa shape index (κ1) is 14.0. The zero-order valence-corrected chi connectivity index (χ0v) is 13.0. The Morgan fingerprint density at radius 2 is 1.95 bits per heavy atom. The molecule has 0 saturated carbocycles. The molecule has 2 aromatic rings. The fourth-order valence-electron chi connectivity index (χ4n) is 2.47. The largest absolute Gasteiger partial charge is 0.493 e. The lowest BCUT2D eigenvalue weighted by atomic mass is 10.1. The highest BCUT2D eigenvalue weighted by atomic mass is 32.1. The van der Waals surface area contributed by atoms with Gasteiger partial charge in [0.05, 0.1) is 19.9 Å². The molecule has 1 aromatic carbocycles. The number of nitrogens with two attached hydrogens (primary N) is 1. The van der Waals surface area contributed by atoms with E-state index in [0.717, 1.165) is 34.2 Å². The first-order valence-electron chi connectivity index (χ1n) is 6.98. The number of thiazole rings is 1. The van der Waals surface area contributed by atoms with Gasteiger partial charge < -0.3 is 20.5 Å². The second-order valence-corrected chi connectivity index (χ2v) is 5.97. The molecule has 112 valence electrons. The SMILES string of the molecule is COc1cc(N)c(-c2nc3c(s2)NCCCC3)cc1OC. The van der Waals surface area contributed by atoms with E-state index in [2.05, 4.69) is 5.32 Å². The van der Waals surface area contributed by atoms with Gasteiger partial charge in [0.25, 0.3) is 0 Å². The topological polar surface area (TPSA) is 69.4 Å². The van der Waals surface area contributed by atoms with Gasteiger partial charge >= 0.3 is 0 Å². The fourth-order valence-corrected chi connectivity index (χ4v) is 3.55. The summed E-state index contributed by atoms with van der Waals surface area (Å²) >= 11 is 1.65. The molecule has 0 unspecified atom stereocenters. The third kappa shape index (κ3) is 2.63. The third-order valence-corrected chi connectivity index (χ3v) is 4.70. The number of rotatable bonds is 3. The molecule has 1 aromatic heterocycles. The normalized spacial score (nSPS) is 14.0. The molecule has 0 bridgehead atoms. The lowest BCUT2D eigenvalue weighted by Gasteiger charge is -2.11. The summed E-state index contributed by atoms with van der Waals surface area (Å²) in [4.78, 5) is 4.75. The van der Waals surface area contributed by atoms with Crippen molar-refractivity contribution in [2.45, 2.75) is 19.3 Å². The molecule has 0 atom stereocenters. The Morgan fingerprint density at radius 3 is 2.71 bits per heavy atom. The van der Waals surface area contributed by atoms with E-state index in [-0.39, 0.29) is 0 Å². The highest BCUT2D eigenvalue weighted by molar-refractivity contribution is 7.19. The molecule has 1 aliphatic rings. The van der Waals surface area contributed by atoms with Crippen LogP contribution >= 0.6 is 11.3 Å². The standard InChI is InChI=1S/C15H19N3O2S/c1-19-12-7-9(10(16)8-13(12)20-2)14-18-11-5-3-4-6-17-15(11)21-14/h7-8,17H,3-6,16H2,1-2H3. The number of nitrogens with one attached hydrogen (secondary N) is 1. The maximum absolute atomic E-state index is 6.15. The molecule has 21 heavy (non-hydrogen) atoms. The van der Waals surface area contributed by atoms with E-state index in [9.17, 15) is 0 Å². The van der Waals surface area contributed by atoms with Gasteiger partial charge in [0.2, 0.25) is 0 Å². The minimum atomic E-state index is 0.634. The van der Waals surface area contributed by atoms with E-state index in [0.29, 0.717) is 17.2 Å². The van der Waals surface area contributed by atoms with Crippen LogP contribution < -0.4 is 20.5 Å². The van der Waals surface area contributed by atoms with Gasteiger partial charge in [-0.15, -0.1) is 0 Å². The molecular weight excluding hydrogens is 286 g/mol. The molecule has 0 saturated heterocycles. The summed E-state index contributed by atoms with van der Waals surface area (Å²) in [6.45, 7) is 1.01. The fraction of sp³-hybridized carbons (Fsp3) is 0.400. The minimum Gasteiger partial charge on any atom is -0.493 e. The molecule has 0 fully saturated rings. The van der Waals surface area contributed by atoms with Crippen molar-refractivity contribution in [3.63, 3.8) is 0 Å². The number of ether oxygens (including phenoxy) is 2. The predicted molar refractivity (Wildman–Crippen MR) is 86.5 cm³/mol. The zero-order chi connectivity index (χ0) is 14.8. The Labute approximate surface area is 128 Å². The second kappa shape index (κ2) is 5.81. The molecule has 1 aliphatic heterocycles. The number of nitrogen functional groups attached to an aromatic ring is 1. The molecule has 6 heteroatoms. The Kier molecular flexibility index (Phi) is 3.88. The molecule has 5 nitrogen and oxygen atoms in total. The van der Waals surface area contributed by atoms with Crippen LogP contribution in [0.2, 0.25) is 0 Å². The lowest BCUT2D eigenvalue weighted by Crippen LogP contribution is -1.96. The number of hydrogen-bond acceptors (Lipinski definition) is 6. The summed E-state index contributed by atoms with van der Waals surface area (Å²) in [5.41, 5.74) is 8.84. The van der Waals surface area contributed by atoms with Crippen LogP contribution in [0.25, 0.3) is 10.6 Å². The molecule has 0 amide bonds. The van der Waals surface area contributed by atoms with Gasteiger partial charge in [-0.3, -0.25) is 0 Å². The van der Waals surface area contributed by atoms with Crippen LogP contribution in [0.1, 0.15) is 18.5 Å². The van der Waals surface area contributed by atoms with Crippen LogP contribution in [-0.4, -0.2) is 25.7 Å². The quantitative estimate of drug-likeness (QED) is 0.853. The van der Waals surface area contributed by atoms with Crippen LogP contribution in [0.15, 0.2) is 12.1 Å². The number of nitrogens with zero attached hydrogens (tertiary/aromatic N) is 1. The number of aromatic nitrogens is 1. The van der Waals surface area contributed by atoms with E-state index in [4.69, 9.17) is 20.2 Å². The van der Waals surface area contributed by atoms with Gasteiger partial charge in [0.15, 0.2) is 11.5 Å². The maximum atomic E-state index is 6.15. The lowest BCUT2D eigenvalue weighted by molar-refractivity contribution is 0.355. The molecular formula is C15H19N3O2S. The van der Waals surface area contributed by atoms with Crippen molar-refractivity contribution in [3.8, 4) is 22.1 Å². The first-order chi connectivity index (χ1) is 10.2. The second-order valence-electron chi connectivity index (χ2n) is 4.97. The van der Waals surface area contributed by atoms with Crippen LogP contribution in [0.3, 0.4) is 0 Å². The van der Waals surface area contributed by atoms with Gasteiger partial charge in [-0.25, -0.2) is 4.98 Å². The van der Waals surface area contributed by atoms with E-state index >= 15 is 0 Å². The van der Waals surface area contributed by atoms with E-state index in [1.165, 1.54) is 12.8 Å². The highest BCUT2D eigenvalue weighted by Crippen LogP contribution is 2.41. The van der Waals surface area contributed by atoms with Crippen molar-refractivity contribution in [2.24, 2.45) is 0 Å². The van der Waals surface area contributed by atoms with Crippen molar-refractivity contribution in [1.29, 1.82) is 0 Å². The van der Waals surface area contributed by atoms with E-state index in [1.54, 1.807) is 31.6 Å². The van der Waals surface area contributed by atoms with Crippen molar-refractivity contribution in [3.05, 3.63) is 17.8 Å². The van der Waals surface area contributed by atoms with Gasteiger partial charge in [-0.2, -0.15) is 0 Å². The number of hydrogen-bond donors (Lipinski definition) is 2. The first-order valence-corrected chi connectivity index (χ1v) is 7.80. The molecule has 0 radical (unpaired) electrons. The number of fused-ring (bicyclic) bond motifs is 1. The van der Waals surface area contributed by atoms with Crippen LogP contribution in [0.4, 0.5) is 10.7 Å². The van der Waals surface area contributed by atoms with Crippen LogP contribution in [-0.2, 0) is 6.42 Å². The Balaban J connectivity index is 2.04. The monoisotopic (exact) mass is 305 g/mol. The predicted octanol–water partition coefficient (Wildman–Crippen LogP) is 3.16.